The second-order valence-electron chi connectivity index (χ2n) is 3.41. The van der Waals surface area contributed by atoms with Gasteiger partial charge >= 0.3 is 106 Å². The molecule has 2 nitrogen and oxygen atoms in total. The van der Waals surface area contributed by atoms with Gasteiger partial charge in [-0.3, -0.25) is 0 Å². The molecule has 0 bridgehead atoms. The third kappa shape index (κ3) is 3.13. The van der Waals surface area contributed by atoms with Crippen LogP contribution in [-0.4, -0.2) is 24.3 Å². The van der Waals surface area contributed by atoms with Crippen molar-refractivity contribution in [2.24, 2.45) is 0 Å². The molecule has 0 heterocycles. The molecule has 2 aromatic carbocycles. The van der Waals surface area contributed by atoms with E-state index in [0.29, 0.717) is 11.1 Å². The van der Waals surface area contributed by atoms with Crippen molar-refractivity contribution in [3.8, 4) is 0 Å². The molecule has 2 aromatic rings. The Bertz CT molecular complexity index is 471. The molecule has 0 saturated heterocycles. The van der Waals surface area contributed by atoms with Gasteiger partial charge < -0.3 is 0 Å². The molecule has 0 aliphatic rings. The second-order valence-corrected chi connectivity index (χ2v) is 5.39. The van der Waals surface area contributed by atoms with Crippen molar-refractivity contribution in [3.05, 3.63) is 71.8 Å². The Kier molecular flexibility index (Phi) is 3.86. The van der Waals surface area contributed by atoms with Crippen LogP contribution in [0, 0.1) is 0 Å². The summed E-state index contributed by atoms with van der Waals surface area (Å²) in [6.45, 7) is 0. The molecule has 0 aliphatic carbocycles. The van der Waals surface area contributed by atoms with Crippen LogP contribution in [0.2, 0.25) is 0 Å². The zero-order chi connectivity index (χ0) is 12.1. The Morgan fingerprint density at radius 3 is 1.35 bits per heavy atom. The molecule has 0 atom stereocenters. The number of rotatable bonds is 4. The second kappa shape index (κ2) is 5.58. The average molecular weight is 289 g/mol. The van der Waals surface area contributed by atoms with Gasteiger partial charge in [-0.25, -0.2) is 0 Å². The molecule has 0 unspecified atom stereocenters. The van der Waals surface area contributed by atoms with Gasteiger partial charge in [-0.15, -0.1) is 0 Å². The quantitative estimate of drug-likeness (QED) is 0.810. The maximum atomic E-state index is 11.8. The van der Waals surface area contributed by atoms with Gasteiger partial charge in [0.25, 0.3) is 0 Å². The first-order valence-electron chi connectivity index (χ1n) is 5.14. The van der Waals surface area contributed by atoms with Crippen LogP contribution in [0.15, 0.2) is 60.7 Å². The van der Waals surface area contributed by atoms with Crippen LogP contribution in [0.25, 0.3) is 0 Å². The number of hydrogen-bond donors (Lipinski definition) is 0. The van der Waals surface area contributed by atoms with Gasteiger partial charge in [0.1, 0.15) is 0 Å². The maximum absolute atomic E-state index is 11.8. The Hall–Kier alpha value is -1.70. The van der Waals surface area contributed by atoms with Gasteiger partial charge in [0.15, 0.2) is 0 Å². The molecule has 0 aromatic heterocycles. The molecular weight excluding hydrogens is 279 g/mol. The fourth-order valence-corrected chi connectivity index (χ4v) is 2.77. The van der Waals surface area contributed by atoms with Gasteiger partial charge in [0.05, 0.1) is 0 Å². The fraction of sp³-hybridized carbons (Fsp3) is 0. The van der Waals surface area contributed by atoms with Crippen molar-refractivity contribution in [3.63, 3.8) is 0 Å². The molecule has 0 aliphatic heterocycles. The number of carbonyl (C=O) groups is 2. The van der Waals surface area contributed by atoms with Crippen molar-refractivity contribution in [1.82, 2.24) is 0 Å². The molecule has 84 valence electrons. The van der Waals surface area contributed by atoms with E-state index in [1.54, 1.807) is 48.5 Å². The van der Waals surface area contributed by atoms with E-state index in [2.05, 4.69) is 0 Å². The Morgan fingerprint density at radius 1 is 0.647 bits per heavy atom. The summed E-state index contributed by atoms with van der Waals surface area (Å²) < 4.78 is -0.154. The van der Waals surface area contributed by atoms with E-state index in [4.69, 9.17) is 0 Å². The number of hydrogen-bond acceptors (Lipinski definition) is 2. The van der Waals surface area contributed by atoms with Gasteiger partial charge in [-0.05, 0) is 0 Å². The molecule has 3 heteroatoms. The molecule has 0 spiro atoms. The molecule has 17 heavy (non-hydrogen) atoms. The summed E-state index contributed by atoms with van der Waals surface area (Å²) in [5.74, 6) is 0. The third-order valence-corrected chi connectivity index (χ3v) is 3.97. The van der Waals surface area contributed by atoms with Crippen molar-refractivity contribution in [2.45, 2.75) is 0 Å². The van der Waals surface area contributed by atoms with Crippen molar-refractivity contribution < 1.29 is 9.59 Å². The predicted octanol–water partition coefficient (Wildman–Crippen LogP) is 2.37. The SMILES string of the molecule is O=C([Se]C(=O)c1ccccc1)c1ccccc1. The summed E-state index contributed by atoms with van der Waals surface area (Å²) in [6, 6.07) is 17.9. The number of benzene rings is 2. The van der Waals surface area contributed by atoms with E-state index in [-0.39, 0.29) is 9.36 Å². The first-order chi connectivity index (χ1) is 8.27. The molecule has 0 radical (unpaired) electrons. The van der Waals surface area contributed by atoms with Crippen LogP contribution in [0.4, 0.5) is 0 Å². The van der Waals surface area contributed by atoms with E-state index in [9.17, 15) is 9.59 Å². The van der Waals surface area contributed by atoms with Crippen LogP contribution >= 0.6 is 0 Å². The normalized spacial score (nSPS) is 9.88. The number of carbonyl (C=O) groups excluding carboxylic acids is 2. The van der Waals surface area contributed by atoms with E-state index >= 15 is 0 Å². The van der Waals surface area contributed by atoms with Crippen LogP contribution in [0.5, 0.6) is 0 Å². The van der Waals surface area contributed by atoms with Crippen LogP contribution in [0.1, 0.15) is 20.7 Å². The van der Waals surface area contributed by atoms with Gasteiger partial charge in [-0.1, -0.05) is 0 Å². The molecule has 0 N–H and O–H groups in total. The van der Waals surface area contributed by atoms with Crippen LogP contribution in [-0.2, 0) is 0 Å². The first kappa shape index (κ1) is 11.8. The zero-order valence-electron chi connectivity index (χ0n) is 9.00. The van der Waals surface area contributed by atoms with Crippen molar-refractivity contribution in [2.75, 3.05) is 0 Å². The summed E-state index contributed by atoms with van der Waals surface area (Å²) >= 11 is -0.678. The predicted molar refractivity (Wildman–Crippen MR) is 67.3 cm³/mol. The molecule has 0 amide bonds. The van der Waals surface area contributed by atoms with Gasteiger partial charge in [-0.2, -0.15) is 0 Å². The van der Waals surface area contributed by atoms with Gasteiger partial charge in [0.2, 0.25) is 0 Å². The van der Waals surface area contributed by atoms with E-state index in [0.717, 1.165) is 0 Å². The molecule has 0 saturated carbocycles. The fourth-order valence-electron chi connectivity index (χ4n) is 1.35. The van der Waals surface area contributed by atoms with E-state index in [1.807, 2.05) is 12.1 Å². The van der Waals surface area contributed by atoms with Crippen LogP contribution < -0.4 is 0 Å². The first-order valence-corrected chi connectivity index (χ1v) is 6.85. The third-order valence-electron chi connectivity index (χ3n) is 2.20. The Balaban J connectivity index is 2.08. The summed E-state index contributed by atoms with van der Waals surface area (Å²) in [5, 5.41) is 0. The molecular formula is C14H10O2Se. The minimum absolute atomic E-state index is 0.0769. The van der Waals surface area contributed by atoms with Crippen molar-refractivity contribution >= 4 is 24.3 Å². The minimum atomic E-state index is -0.678. The van der Waals surface area contributed by atoms with Crippen molar-refractivity contribution in [1.29, 1.82) is 0 Å². The monoisotopic (exact) mass is 290 g/mol. The Morgan fingerprint density at radius 2 is 1.00 bits per heavy atom. The van der Waals surface area contributed by atoms with E-state index in [1.165, 1.54) is 0 Å². The zero-order valence-corrected chi connectivity index (χ0v) is 10.7. The summed E-state index contributed by atoms with van der Waals surface area (Å²) in [5.41, 5.74) is 1.22. The average Bonchev–Trinajstić information content (AvgIpc) is 2.40. The summed E-state index contributed by atoms with van der Waals surface area (Å²) in [7, 11) is 0. The summed E-state index contributed by atoms with van der Waals surface area (Å²) in [6.07, 6.45) is 0. The van der Waals surface area contributed by atoms with Gasteiger partial charge in [0, 0.05) is 0 Å². The van der Waals surface area contributed by atoms with E-state index < -0.39 is 15.0 Å². The standard InChI is InChI=1S/C14H10O2Se/c15-13(11-7-3-1-4-8-11)17-14(16)12-9-5-2-6-10-12/h1-10H. The molecule has 2 rings (SSSR count). The Labute approximate surface area is 106 Å². The molecule has 0 fully saturated rings. The topological polar surface area (TPSA) is 34.1 Å². The summed E-state index contributed by atoms with van der Waals surface area (Å²) in [4.78, 5) is 23.7. The van der Waals surface area contributed by atoms with Crippen LogP contribution in [0.3, 0.4) is 0 Å².